The maximum atomic E-state index is 13.0. The number of pyridine rings is 1. The van der Waals surface area contributed by atoms with Gasteiger partial charge in [0.25, 0.3) is 5.91 Å². The molecule has 130 valence electrons. The van der Waals surface area contributed by atoms with E-state index in [9.17, 15) is 9.59 Å². The Bertz CT molecular complexity index is 1000. The number of piperazine rings is 1. The first-order valence-corrected chi connectivity index (χ1v) is 8.70. The Morgan fingerprint density at radius 2 is 1.85 bits per heavy atom. The monoisotopic (exact) mass is 365 g/mol. The van der Waals surface area contributed by atoms with Crippen LogP contribution in [0.4, 0.5) is 5.69 Å². The van der Waals surface area contributed by atoms with Crippen molar-refractivity contribution in [1.82, 2.24) is 9.88 Å². The summed E-state index contributed by atoms with van der Waals surface area (Å²) < 4.78 is 0. The molecule has 0 aliphatic carbocycles. The van der Waals surface area contributed by atoms with Crippen LogP contribution in [0.15, 0.2) is 60.8 Å². The van der Waals surface area contributed by atoms with Crippen LogP contribution in [0.25, 0.3) is 10.9 Å². The van der Waals surface area contributed by atoms with Crippen molar-refractivity contribution >= 4 is 40.0 Å². The van der Waals surface area contributed by atoms with E-state index in [0.29, 0.717) is 29.2 Å². The van der Waals surface area contributed by atoms with Gasteiger partial charge in [-0.2, -0.15) is 0 Å². The number of anilines is 1. The molecule has 0 radical (unpaired) electrons. The molecule has 0 spiro atoms. The zero-order valence-electron chi connectivity index (χ0n) is 13.9. The van der Waals surface area contributed by atoms with Crippen molar-refractivity contribution in [2.75, 3.05) is 24.5 Å². The van der Waals surface area contributed by atoms with Gasteiger partial charge < -0.3 is 9.80 Å². The Morgan fingerprint density at radius 3 is 2.65 bits per heavy atom. The topological polar surface area (TPSA) is 53.5 Å². The number of carbonyl (C=O) groups excluding carboxylic acids is 2. The molecule has 0 N–H and O–H groups in total. The molecule has 1 saturated heterocycles. The van der Waals surface area contributed by atoms with Crippen molar-refractivity contribution in [1.29, 1.82) is 0 Å². The van der Waals surface area contributed by atoms with Gasteiger partial charge in [0.05, 0.1) is 11.1 Å². The molecule has 4 rings (SSSR count). The molecule has 0 atom stereocenters. The van der Waals surface area contributed by atoms with Gasteiger partial charge in [-0.15, -0.1) is 0 Å². The summed E-state index contributed by atoms with van der Waals surface area (Å²) in [5, 5.41) is 1.48. The van der Waals surface area contributed by atoms with E-state index in [4.69, 9.17) is 11.6 Å². The molecule has 2 amide bonds. The predicted octanol–water partition coefficient (Wildman–Crippen LogP) is 3.38. The predicted molar refractivity (Wildman–Crippen MR) is 101 cm³/mol. The summed E-state index contributed by atoms with van der Waals surface area (Å²) in [7, 11) is 0. The summed E-state index contributed by atoms with van der Waals surface area (Å²) in [6, 6.07) is 16.4. The number of hydrogen-bond acceptors (Lipinski definition) is 3. The van der Waals surface area contributed by atoms with Crippen LogP contribution < -0.4 is 4.90 Å². The zero-order chi connectivity index (χ0) is 18.1. The first kappa shape index (κ1) is 16.5. The van der Waals surface area contributed by atoms with Crippen LogP contribution in [-0.2, 0) is 4.79 Å². The molecule has 3 aromatic rings. The van der Waals surface area contributed by atoms with Crippen LogP contribution in [0.3, 0.4) is 0 Å². The lowest BCUT2D eigenvalue weighted by atomic mass is 10.1. The van der Waals surface area contributed by atoms with Crippen molar-refractivity contribution < 1.29 is 9.59 Å². The number of para-hydroxylation sites is 1. The summed E-state index contributed by atoms with van der Waals surface area (Å²) >= 11 is 6.02. The smallest absolute Gasteiger partial charge is 0.256 e. The molecule has 2 heterocycles. The lowest BCUT2D eigenvalue weighted by Crippen LogP contribution is -2.52. The Labute approximate surface area is 155 Å². The van der Waals surface area contributed by atoms with Crippen LogP contribution >= 0.6 is 11.6 Å². The molecule has 6 heteroatoms. The molecule has 0 unspecified atom stereocenters. The summed E-state index contributed by atoms with van der Waals surface area (Å²) in [6.45, 7) is 0.929. The van der Waals surface area contributed by atoms with E-state index in [1.807, 2.05) is 36.4 Å². The van der Waals surface area contributed by atoms with Gasteiger partial charge in [0.2, 0.25) is 5.91 Å². The molecule has 1 fully saturated rings. The second-order valence-electron chi connectivity index (χ2n) is 6.13. The maximum Gasteiger partial charge on any atom is 0.256 e. The standard InChI is InChI=1S/C20H16ClN3O2/c21-15-6-2-7-16(12-15)24-11-10-23(13-18(24)25)20(26)17-8-1-4-14-5-3-9-22-19(14)17/h1-9,12H,10-11,13H2. The molecule has 0 saturated carbocycles. The third-order valence-electron chi connectivity index (χ3n) is 4.49. The zero-order valence-corrected chi connectivity index (χ0v) is 14.7. The van der Waals surface area contributed by atoms with Crippen molar-refractivity contribution in [3.8, 4) is 0 Å². The highest BCUT2D eigenvalue weighted by Gasteiger charge is 2.29. The van der Waals surface area contributed by atoms with E-state index in [0.717, 1.165) is 11.1 Å². The summed E-state index contributed by atoms with van der Waals surface area (Å²) in [4.78, 5) is 33.1. The lowest BCUT2D eigenvalue weighted by Gasteiger charge is -2.34. The number of hydrogen-bond donors (Lipinski definition) is 0. The van der Waals surface area contributed by atoms with E-state index in [1.54, 1.807) is 34.2 Å². The number of fused-ring (bicyclic) bond motifs is 1. The van der Waals surface area contributed by atoms with Crippen molar-refractivity contribution in [3.63, 3.8) is 0 Å². The molecular formula is C20H16ClN3O2. The molecule has 1 aliphatic heterocycles. The van der Waals surface area contributed by atoms with Gasteiger partial charge in [-0.3, -0.25) is 14.6 Å². The highest BCUT2D eigenvalue weighted by Crippen LogP contribution is 2.23. The average molecular weight is 366 g/mol. The molecule has 1 aromatic heterocycles. The normalized spacial score (nSPS) is 14.7. The van der Waals surface area contributed by atoms with Crippen LogP contribution in [0.5, 0.6) is 0 Å². The quantitative estimate of drug-likeness (QED) is 0.699. The summed E-state index contributed by atoms with van der Waals surface area (Å²) in [5.41, 5.74) is 1.93. The van der Waals surface area contributed by atoms with Gasteiger partial charge in [-0.05, 0) is 30.3 Å². The molecule has 26 heavy (non-hydrogen) atoms. The number of carbonyl (C=O) groups is 2. The minimum Gasteiger partial charge on any atom is -0.327 e. The van der Waals surface area contributed by atoms with Gasteiger partial charge >= 0.3 is 0 Å². The Morgan fingerprint density at radius 1 is 1.04 bits per heavy atom. The second kappa shape index (κ2) is 6.77. The van der Waals surface area contributed by atoms with Gasteiger partial charge in [0.1, 0.15) is 6.54 Å². The first-order valence-electron chi connectivity index (χ1n) is 8.32. The fourth-order valence-electron chi connectivity index (χ4n) is 3.21. The van der Waals surface area contributed by atoms with Crippen molar-refractivity contribution in [3.05, 3.63) is 71.4 Å². The van der Waals surface area contributed by atoms with Crippen LogP contribution in [0.1, 0.15) is 10.4 Å². The van der Waals surface area contributed by atoms with Crippen LogP contribution in [0, 0.1) is 0 Å². The third-order valence-corrected chi connectivity index (χ3v) is 4.73. The lowest BCUT2D eigenvalue weighted by molar-refractivity contribution is -0.120. The highest BCUT2D eigenvalue weighted by atomic mass is 35.5. The van der Waals surface area contributed by atoms with Crippen LogP contribution in [0.2, 0.25) is 5.02 Å². The second-order valence-corrected chi connectivity index (χ2v) is 6.57. The van der Waals surface area contributed by atoms with E-state index in [-0.39, 0.29) is 18.4 Å². The molecule has 2 aromatic carbocycles. The van der Waals surface area contributed by atoms with E-state index >= 15 is 0 Å². The number of halogens is 1. The van der Waals surface area contributed by atoms with Crippen LogP contribution in [-0.4, -0.2) is 41.3 Å². The Hall–Kier alpha value is -2.92. The molecule has 1 aliphatic rings. The fraction of sp³-hybridized carbons (Fsp3) is 0.150. The third kappa shape index (κ3) is 3.02. The number of nitrogens with zero attached hydrogens (tertiary/aromatic N) is 3. The first-order chi connectivity index (χ1) is 12.6. The highest BCUT2D eigenvalue weighted by molar-refractivity contribution is 6.31. The van der Waals surface area contributed by atoms with Crippen molar-refractivity contribution in [2.24, 2.45) is 0 Å². The fourth-order valence-corrected chi connectivity index (χ4v) is 3.40. The number of benzene rings is 2. The Balaban J connectivity index is 1.57. The minimum absolute atomic E-state index is 0.0363. The molecule has 0 bridgehead atoms. The minimum atomic E-state index is -0.173. The Kier molecular flexibility index (Phi) is 4.31. The SMILES string of the molecule is O=C(c1cccc2cccnc12)N1CCN(c2cccc(Cl)c2)C(=O)C1. The average Bonchev–Trinajstić information content (AvgIpc) is 2.67. The number of aromatic nitrogens is 1. The van der Waals surface area contributed by atoms with Gasteiger partial charge in [0.15, 0.2) is 0 Å². The van der Waals surface area contributed by atoms with E-state index in [2.05, 4.69) is 4.98 Å². The number of amides is 2. The van der Waals surface area contributed by atoms with Gasteiger partial charge in [0, 0.05) is 35.4 Å². The van der Waals surface area contributed by atoms with E-state index in [1.165, 1.54) is 0 Å². The van der Waals surface area contributed by atoms with Gasteiger partial charge in [-0.25, -0.2) is 0 Å². The largest absolute Gasteiger partial charge is 0.327 e. The summed E-state index contributed by atoms with van der Waals surface area (Å²) in [6.07, 6.45) is 1.67. The molecule has 5 nitrogen and oxygen atoms in total. The van der Waals surface area contributed by atoms with E-state index < -0.39 is 0 Å². The van der Waals surface area contributed by atoms with Crippen molar-refractivity contribution in [2.45, 2.75) is 0 Å². The van der Waals surface area contributed by atoms with Gasteiger partial charge in [-0.1, -0.05) is 35.9 Å². The molecular weight excluding hydrogens is 350 g/mol. The summed E-state index contributed by atoms with van der Waals surface area (Å²) in [5.74, 6) is -0.298. The number of rotatable bonds is 2. The maximum absolute atomic E-state index is 13.0.